The van der Waals surface area contributed by atoms with E-state index in [-0.39, 0.29) is 11.4 Å². The minimum atomic E-state index is -3.85. The predicted octanol–water partition coefficient (Wildman–Crippen LogP) is 4.57. The topological polar surface area (TPSA) is 94.1 Å². The van der Waals surface area contributed by atoms with Crippen molar-refractivity contribution in [3.63, 3.8) is 0 Å². The van der Waals surface area contributed by atoms with Gasteiger partial charge in [0, 0.05) is 18.9 Å². The van der Waals surface area contributed by atoms with Gasteiger partial charge in [0.1, 0.15) is 6.26 Å². The smallest absolute Gasteiger partial charge is 0.264 e. The Bertz CT molecular complexity index is 1260. The molecule has 160 valence electrons. The van der Waals surface area contributed by atoms with Gasteiger partial charge in [0.25, 0.3) is 10.0 Å². The molecule has 0 N–H and O–H groups in total. The quantitative estimate of drug-likeness (QED) is 0.384. The van der Waals surface area contributed by atoms with Crippen molar-refractivity contribution >= 4 is 27.3 Å². The molecule has 0 spiro atoms. The van der Waals surface area contributed by atoms with Gasteiger partial charge < -0.3 is 4.42 Å². The van der Waals surface area contributed by atoms with Crippen molar-refractivity contribution in [3.05, 3.63) is 72.5 Å². The minimum Gasteiger partial charge on any atom is -0.444 e. The molecule has 0 aliphatic carbocycles. The van der Waals surface area contributed by atoms with Crippen molar-refractivity contribution < 1.29 is 12.8 Å². The molecule has 0 fully saturated rings. The summed E-state index contributed by atoms with van der Waals surface area (Å²) >= 11 is 6.23. The molecule has 0 saturated carbocycles. The molecule has 4 rings (SSSR count). The Morgan fingerprint density at radius 2 is 1.97 bits per heavy atom. The van der Waals surface area contributed by atoms with Crippen LogP contribution in [0.5, 0.6) is 0 Å². The zero-order valence-electron chi connectivity index (χ0n) is 16.7. The maximum absolute atomic E-state index is 13.5. The fourth-order valence-corrected chi connectivity index (χ4v) is 4.76. The van der Waals surface area contributed by atoms with Crippen LogP contribution in [0.1, 0.15) is 19.8 Å². The maximum Gasteiger partial charge on any atom is 0.264 e. The molecule has 0 radical (unpaired) electrons. The largest absolute Gasteiger partial charge is 0.444 e. The van der Waals surface area contributed by atoms with E-state index in [2.05, 4.69) is 15.1 Å². The molecule has 0 unspecified atom stereocenters. The van der Waals surface area contributed by atoms with Gasteiger partial charge in [-0.15, -0.1) is 0 Å². The molecule has 3 heterocycles. The van der Waals surface area contributed by atoms with Crippen LogP contribution >= 0.6 is 11.6 Å². The summed E-state index contributed by atoms with van der Waals surface area (Å²) in [5, 5.41) is 4.66. The van der Waals surface area contributed by atoms with Crippen LogP contribution in [0.2, 0.25) is 5.02 Å². The summed E-state index contributed by atoms with van der Waals surface area (Å²) in [6.45, 7) is 2.28. The summed E-state index contributed by atoms with van der Waals surface area (Å²) in [7, 11) is -3.85. The van der Waals surface area contributed by atoms with Crippen molar-refractivity contribution in [3.8, 4) is 17.3 Å². The van der Waals surface area contributed by atoms with E-state index in [4.69, 9.17) is 16.0 Å². The Morgan fingerprint density at radius 1 is 1.16 bits per heavy atom. The Labute approximate surface area is 185 Å². The number of rotatable bonds is 8. The van der Waals surface area contributed by atoms with Gasteiger partial charge in [-0.3, -0.25) is 4.31 Å². The van der Waals surface area contributed by atoms with Crippen LogP contribution in [0.25, 0.3) is 17.3 Å². The number of halogens is 1. The summed E-state index contributed by atoms with van der Waals surface area (Å²) < 4.78 is 35.2. The van der Waals surface area contributed by atoms with Gasteiger partial charge in [-0.2, -0.15) is 5.10 Å². The number of benzene rings is 1. The lowest BCUT2D eigenvalue weighted by Gasteiger charge is -2.26. The summed E-state index contributed by atoms with van der Waals surface area (Å²) in [5.41, 5.74) is 0.977. The molecule has 31 heavy (non-hydrogen) atoms. The fraction of sp³-hybridized carbons (Fsp3) is 0.190. The number of hydrogen-bond donors (Lipinski definition) is 0. The van der Waals surface area contributed by atoms with E-state index in [9.17, 15) is 8.42 Å². The lowest BCUT2D eigenvalue weighted by molar-refractivity contribution is 0.574. The third-order valence-electron chi connectivity index (χ3n) is 4.61. The second-order valence-electron chi connectivity index (χ2n) is 6.75. The van der Waals surface area contributed by atoms with Crippen LogP contribution < -0.4 is 4.31 Å². The van der Waals surface area contributed by atoms with Gasteiger partial charge in [-0.25, -0.2) is 23.1 Å². The number of unbranched alkanes of at least 4 members (excludes halogenated alkanes) is 1. The summed E-state index contributed by atoms with van der Waals surface area (Å²) in [4.78, 5) is 8.70. The first-order valence-electron chi connectivity index (χ1n) is 9.69. The van der Waals surface area contributed by atoms with E-state index in [1.165, 1.54) is 27.6 Å². The van der Waals surface area contributed by atoms with Crippen molar-refractivity contribution in [2.24, 2.45) is 0 Å². The van der Waals surface area contributed by atoms with Crippen LogP contribution in [0, 0.1) is 0 Å². The number of pyridine rings is 1. The second-order valence-corrected chi connectivity index (χ2v) is 9.05. The van der Waals surface area contributed by atoms with E-state index >= 15 is 0 Å². The van der Waals surface area contributed by atoms with Crippen molar-refractivity contribution in [1.82, 2.24) is 19.7 Å². The van der Waals surface area contributed by atoms with E-state index < -0.39 is 10.0 Å². The van der Waals surface area contributed by atoms with Crippen molar-refractivity contribution in [2.45, 2.75) is 24.7 Å². The second kappa shape index (κ2) is 8.91. The van der Waals surface area contributed by atoms with Crippen molar-refractivity contribution in [2.75, 3.05) is 10.8 Å². The standard InChI is InChI=1S/C21H20ClN5O3S/c1-2-3-10-27(31(28,29)18-7-5-4-6-8-18)19-12-17(22)14-24-20(19)26-15-16(13-25-26)21-23-9-11-30-21/h4-9,11-15H,2-3,10H2,1H3. The van der Waals surface area contributed by atoms with Crippen LogP contribution in [0.15, 0.2) is 76.8 Å². The average molecular weight is 458 g/mol. The third kappa shape index (κ3) is 4.33. The highest BCUT2D eigenvalue weighted by Gasteiger charge is 2.28. The molecule has 3 aromatic heterocycles. The molecule has 10 heteroatoms. The van der Waals surface area contributed by atoms with Crippen LogP contribution in [0.4, 0.5) is 5.69 Å². The van der Waals surface area contributed by atoms with Crippen LogP contribution in [-0.2, 0) is 10.0 Å². The monoisotopic (exact) mass is 457 g/mol. The summed E-state index contributed by atoms with van der Waals surface area (Å²) in [6, 6.07) is 9.89. The summed E-state index contributed by atoms with van der Waals surface area (Å²) in [6.07, 6.45) is 9.21. The highest BCUT2D eigenvalue weighted by atomic mass is 35.5. The highest BCUT2D eigenvalue weighted by molar-refractivity contribution is 7.92. The van der Waals surface area contributed by atoms with Crippen LogP contribution in [0.3, 0.4) is 0 Å². The number of sulfonamides is 1. The molecule has 0 amide bonds. The Balaban J connectivity index is 1.83. The third-order valence-corrected chi connectivity index (χ3v) is 6.64. The van der Waals surface area contributed by atoms with E-state index in [0.29, 0.717) is 34.4 Å². The van der Waals surface area contributed by atoms with Crippen LogP contribution in [-0.4, -0.2) is 34.7 Å². The first-order valence-corrected chi connectivity index (χ1v) is 11.5. The first-order chi connectivity index (χ1) is 15.0. The van der Waals surface area contributed by atoms with E-state index in [1.807, 2.05) is 6.92 Å². The van der Waals surface area contributed by atoms with E-state index in [1.54, 1.807) is 48.8 Å². The molecule has 0 atom stereocenters. The Hall–Kier alpha value is -3.17. The van der Waals surface area contributed by atoms with Gasteiger partial charge in [0.05, 0.1) is 33.6 Å². The van der Waals surface area contributed by atoms with Gasteiger partial charge in [0.15, 0.2) is 5.82 Å². The molecule has 0 aliphatic rings. The lowest BCUT2D eigenvalue weighted by Crippen LogP contribution is -2.33. The first kappa shape index (κ1) is 21.1. The Morgan fingerprint density at radius 3 is 2.68 bits per heavy atom. The maximum atomic E-state index is 13.5. The summed E-state index contributed by atoms with van der Waals surface area (Å²) in [5.74, 6) is 0.735. The number of hydrogen-bond acceptors (Lipinski definition) is 6. The van der Waals surface area contributed by atoms with Gasteiger partial charge in [0.2, 0.25) is 5.89 Å². The van der Waals surface area contributed by atoms with E-state index in [0.717, 1.165) is 6.42 Å². The lowest BCUT2D eigenvalue weighted by atomic mass is 10.3. The number of oxazole rings is 1. The fourth-order valence-electron chi connectivity index (χ4n) is 3.09. The van der Waals surface area contributed by atoms with Crippen molar-refractivity contribution in [1.29, 1.82) is 0 Å². The minimum absolute atomic E-state index is 0.193. The number of nitrogens with zero attached hydrogens (tertiary/aromatic N) is 5. The Kier molecular flexibility index (Phi) is 6.06. The molecular weight excluding hydrogens is 438 g/mol. The zero-order chi connectivity index (χ0) is 21.8. The van der Waals surface area contributed by atoms with Gasteiger partial charge in [-0.1, -0.05) is 43.1 Å². The zero-order valence-corrected chi connectivity index (χ0v) is 18.3. The van der Waals surface area contributed by atoms with Gasteiger partial charge >= 0.3 is 0 Å². The van der Waals surface area contributed by atoms with Gasteiger partial charge in [-0.05, 0) is 24.6 Å². The average Bonchev–Trinajstić information content (AvgIpc) is 3.47. The molecule has 8 nitrogen and oxygen atoms in total. The highest BCUT2D eigenvalue weighted by Crippen LogP contribution is 2.31. The number of aromatic nitrogens is 4. The molecule has 0 aliphatic heterocycles. The SMILES string of the molecule is CCCCN(c1cc(Cl)cnc1-n1cc(-c2ncco2)cn1)S(=O)(=O)c1ccccc1. The normalized spacial score (nSPS) is 11.5. The number of anilines is 1. The molecule has 4 aromatic rings. The molecule has 0 saturated heterocycles. The molecule has 1 aromatic carbocycles. The molecule has 0 bridgehead atoms. The predicted molar refractivity (Wildman–Crippen MR) is 118 cm³/mol. The molecular formula is C21H20ClN5O3S.